The molecular formula is C19H28N2O5S. The Balaban J connectivity index is 2.14. The number of hydrogen-bond acceptors (Lipinski definition) is 4. The number of nitrogens with zero attached hydrogens (tertiary/aromatic N) is 1. The van der Waals surface area contributed by atoms with E-state index in [-0.39, 0.29) is 22.6 Å². The van der Waals surface area contributed by atoms with E-state index in [1.807, 2.05) is 0 Å². The van der Waals surface area contributed by atoms with Crippen molar-refractivity contribution in [3.8, 4) is 0 Å². The van der Waals surface area contributed by atoms with E-state index in [4.69, 9.17) is 5.11 Å². The topological polar surface area (TPSA) is 104 Å². The molecule has 1 aromatic carbocycles. The molecule has 0 spiro atoms. The molecule has 7 nitrogen and oxygen atoms in total. The number of carbonyl (C=O) groups excluding carboxylic acids is 1. The first-order valence-electron chi connectivity index (χ1n) is 9.35. The highest BCUT2D eigenvalue weighted by Gasteiger charge is 2.30. The van der Waals surface area contributed by atoms with Crippen molar-refractivity contribution in [1.29, 1.82) is 0 Å². The number of anilines is 1. The Labute approximate surface area is 160 Å². The minimum Gasteiger partial charge on any atom is -0.481 e. The van der Waals surface area contributed by atoms with E-state index in [0.717, 1.165) is 0 Å². The molecule has 2 rings (SSSR count). The number of hydrogen-bond donors (Lipinski definition) is 2. The molecule has 0 atom stereocenters. The zero-order valence-corrected chi connectivity index (χ0v) is 16.9. The molecule has 150 valence electrons. The maximum atomic E-state index is 12.8. The van der Waals surface area contributed by atoms with Gasteiger partial charge in [0.2, 0.25) is 15.9 Å². The van der Waals surface area contributed by atoms with E-state index in [9.17, 15) is 18.0 Å². The van der Waals surface area contributed by atoms with Crippen LogP contribution >= 0.6 is 0 Å². The molecular weight excluding hydrogens is 368 g/mol. The summed E-state index contributed by atoms with van der Waals surface area (Å²) in [6.07, 6.45) is 2.03. The van der Waals surface area contributed by atoms with Gasteiger partial charge in [-0.1, -0.05) is 19.9 Å². The number of sulfonamides is 1. The molecule has 1 aromatic rings. The van der Waals surface area contributed by atoms with Crippen LogP contribution in [0.25, 0.3) is 0 Å². The number of nitrogens with one attached hydrogen (secondary N) is 1. The summed E-state index contributed by atoms with van der Waals surface area (Å²) in [6, 6.07) is 4.88. The second kappa shape index (κ2) is 8.84. The lowest BCUT2D eigenvalue weighted by Crippen LogP contribution is -2.31. The summed E-state index contributed by atoms with van der Waals surface area (Å²) in [5.41, 5.74) is 1.07. The Morgan fingerprint density at radius 2 is 1.67 bits per heavy atom. The number of carboxylic acids is 1. The van der Waals surface area contributed by atoms with Gasteiger partial charge in [0, 0.05) is 24.7 Å². The van der Waals surface area contributed by atoms with E-state index in [0.29, 0.717) is 50.0 Å². The predicted octanol–water partition coefficient (Wildman–Crippen LogP) is 2.86. The van der Waals surface area contributed by atoms with Crippen molar-refractivity contribution in [1.82, 2.24) is 4.31 Å². The van der Waals surface area contributed by atoms with Crippen LogP contribution in [0.4, 0.5) is 5.69 Å². The molecule has 0 aromatic heterocycles. The Morgan fingerprint density at radius 1 is 1.11 bits per heavy atom. The van der Waals surface area contributed by atoms with Gasteiger partial charge in [-0.2, -0.15) is 4.31 Å². The van der Waals surface area contributed by atoms with Gasteiger partial charge >= 0.3 is 5.97 Å². The molecule has 0 saturated heterocycles. The third-order valence-corrected chi connectivity index (χ3v) is 7.42. The lowest BCUT2D eigenvalue weighted by molar-refractivity contribution is -0.143. The third-order valence-electron chi connectivity index (χ3n) is 5.23. The van der Waals surface area contributed by atoms with Crippen molar-refractivity contribution >= 4 is 27.6 Å². The van der Waals surface area contributed by atoms with Crippen LogP contribution < -0.4 is 5.32 Å². The number of rotatable bonds is 7. The minimum atomic E-state index is -3.62. The first-order chi connectivity index (χ1) is 12.7. The summed E-state index contributed by atoms with van der Waals surface area (Å²) in [6.45, 7) is 6.06. The number of aliphatic carboxylic acids is 1. The number of aryl methyl sites for hydroxylation is 1. The van der Waals surface area contributed by atoms with Gasteiger partial charge < -0.3 is 10.4 Å². The van der Waals surface area contributed by atoms with E-state index < -0.39 is 16.0 Å². The molecule has 1 aliphatic rings. The van der Waals surface area contributed by atoms with Gasteiger partial charge in [-0.05, 0) is 50.3 Å². The monoisotopic (exact) mass is 396 g/mol. The largest absolute Gasteiger partial charge is 0.481 e. The molecule has 1 fully saturated rings. The molecule has 1 saturated carbocycles. The highest BCUT2D eigenvalue weighted by molar-refractivity contribution is 7.89. The van der Waals surface area contributed by atoms with Gasteiger partial charge in [-0.3, -0.25) is 9.59 Å². The van der Waals surface area contributed by atoms with Crippen molar-refractivity contribution < 1.29 is 23.1 Å². The fraction of sp³-hybridized carbons (Fsp3) is 0.579. The van der Waals surface area contributed by atoms with Crippen LogP contribution in [-0.4, -0.2) is 42.8 Å². The van der Waals surface area contributed by atoms with E-state index in [1.165, 1.54) is 10.4 Å². The fourth-order valence-corrected chi connectivity index (χ4v) is 5.21. The maximum Gasteiger partial charge on any atom is 0.306 e. The van der Waals surface area contributed by atoms with Crippen molar-refractivity contribution in [2.75, 3.05) is 18.4 Å². The first kappa shape index (κ1) is 21.4. The minimum absolute atomic E-state index is 0.186. The lowest BCUT2D eigenvalue weighted by Gasteiger charge is -2.25. The van der Waals surface area contributed by atoms with Crippen LogP contribution in [0.2, 0.25) is 0 Å². The van der Waals surface area contributed by atoms with Crippen molar-refractivity contribution in [3.05, 3.63) is 23.8 Å². The van der Waals surface area contributed by atoms with Crippen LogP contribution in [0.5, 0.6) is 0 Å². The number of benzene rings is 1. The third kappa shape index (κ3) is 4.87. The van der Waals surface area contributed by atoms with E-state index >= 15 is 0 Å². The molecule has 0 aliphatic heterocycles. The van der Waals surface area contributed by atoms with Crippen LogP contribution in [0, 0.1) is 18.8 Å². The summed E-state index contributed by atoms with van der Waals surface area (Å²) in [4.78, 5) is 23.7. The molecule has 8 heteroatoms. The van der Waals surface area contributed by atoms with Crippen LogP contribution in [0.15, 0.2) is 23.1 Å². The smallest absolute Gasteiger partial charge is 0.306 e. The molecule has 1 amide bonds. The van der Waals surface area contributed by atoms with Crippen molar-refractivity contribution in [2.45, 2.75) is 51.3 Å². The van der Waals surface area contributed by atoms with Gasteiger partial charge in [0.15, 0.2) is 0 Å². The summed E-state index contributed by atoms with van der Waals surface area (Å²) >= 11 is 0. The quantitative estimate of drug-likeness (QED) is 0.737. The van der Waals surface area contributed by atoms with E-state index in [1.54, 1.807) is 32.9 Å². The molecule has 27 heavy (non-hydrogen) atoms. The molecule has 0 heterocycles. The van der Waals surface area contributed by atoms with Crippen molar-refractivity contribution in [3.63, 3.8) is 0 Å². The normalized spacial score (nSPS) is 20.4. The van der Waals surface area contributed by atoms with Gasteiger partial charge in [-0.25, -0.2) is 8.42 Å². The summed E-state index contributed by atoms with van der Waals surface area (Å²) < 4.78 is 27.0. The zero-order valence-electron chi connectivity index (χ0n) is 16.1. The summed E-state index contributed by atoms with van der Waals surface area (Å²) in [5.74, 6) is -1.61. The lowest BCUT2D eigenvalue weighted by atomic mass is 9.81. The summed E-state index contributed by atoms with van der Waals surface area (Å²) in [7, 11) is -3.62. The average molecular weight is 397 g/mol. The fourth-order valence-electron chi connectivity index (χ4n) is 3.51. The molecule has 1 aliphatic carbocycles. The maximum absolute atomic E-state index is 12.8. The first-order valence-corrected chi connectivity index (χ1v) is 10.8. The van der Waals surface area contributed by atoms with Gasteiger partial charge in [0.1, 0.15) is 0 Å². The highest BCUT2D eigenvalue weighted by atomic mass is 32.2. The molecule has 0 unspecified atom stereocenters. The van der Waals surface area contributed by atoms with Crippen LogP contribution in [-0.2, 0) is 19.6 Å². The second-order valence-corrected chi connectivity index (χ2v) is 8.85. The highest BCUT2D eigenvalue weighted by Crippen LogP contribution is 2.30. The van der Waals surface area contributed by atoms with Crippen LogP contribution in [0.1, 0.15) is 45.1 Å². The number of carboxylic acid groups (broad SMARTS) is 1. The standard InChI is InChI=1S/C19H28N2O5S/c1-4-21(5-2)27(25,26)17-12-16(11-6-13(17)3)20-18(22)14-7-9-15(10-8-14)19(23)24/h6,11-12,14-15H,4-5,7-10H2,1-3H3,(H,20,22)(H,23,24). The number of carbonyl (C=O) groups is 2. The van der Waals surface area contributed by atoms with Crippen molar-refractivity contribution in [2.24, 2.45) is 11.8 Å². The second-order valence-electron chi connectivity index (χ2n) is 6.95. The molecule has 0 bridgehead atoms. The number of amides is 1. The molecule has 2 N–H and O–H groups in total. The SMILES string of the molecule is CCN(CC)S(=O)(=O)c1cc(NC(=O)C2CCC(C(=O)O)CC2)ccc1C. The average Bonchev–Trinajstić information content (AvgIpc) is 2.64. The van der Waals surface area contributed by atoms with Gasteiger partial charge in [-0.15, -0.1) is 0 Å². The van der Waals surface area contributed by atoms with Crippen LogP contribution in [0.3, 0.4) is 0 Å². The van der Waals surface area contributed by atoms with Gasteiger partial charge in [0.25, 0.3) is 0 Å². The van der Waals surface area contributed by atoms with Gasteiger partial charge in [0.05, 0.1) is 10.8 Å². The summed E-state index contributed by atoms with van der Waals surface area (Å²) in [5, 5.41) is 11.9. The Kier molecular flexibility index (Phi) is 7.00. The zero-order chi connectivity index (χ0) is 20.2. The predicted molar refractivity (Wildman–Crippen MR) is 103 cm³/mol. The van der Waals surface area contributed by atoms with E-state index in [2.05, 4.69) is 5.32 Å². The molecule has 0 radical (unpaired) electrons. The Bertz CT molecular complexity index is 794. The Hall–Kier alpha value is -1.93. The Morgan fingerprint density at radius 3 is 2.19 bits per heavy atom.